The van der Waals surface area contributed by atoms with E-state index in [1.54, 1.807) is 7.05 Å². The summed E-state index contributed by atoms with van der Waals surface area (Å²) in [5, 5.41) is 0. The fourth-order valence-electron chi connectivity index (χ4n) is 2.83. The quantitative estimate of drug-likeness (QED) is 0.630. The largest absolute Gasteiger partial charge is 0.416 e. The van der Waals surface area contributed by atoms with Crippen molar-refractivity contribution in [2.45, 2.75) is 23.7 Å². The fourth-order valence-corrected chi connectivity index (χ4v) is 5.72. The number of rotatable bonds is 4. The van der Waals surface area contributed by atoms with Crippen LogP contribution < -0.4 is 0 Å². The van der Waals surface area contributed by atoms with E-state index in [1.165, 1.54) is 29.0 Å². The number of thioether (sulfide) groups is 2. The molecule has 7 heteroatoms. The summed E-state index contributed by atoms with van der Waals surface area (Å²) in [6.07, 6.45) is -3.12. The van der Waals surface area contributed by atoms with Gasteiger partial charge in [-0.25, -0.2) is 0 Å². The summed E-state index contributed by atoms with van der Waals surface area (Å²) < 4.78 is 38.3. The van der Waals surface area contributed by atoms with Crippen molar-refractivity contribution in [2.24, 2.45) is 0 Å². The normalized spacial score (nSPS) is 15.6. The summed E-state index contributed by atoms with van der Waals surface area (Å²) in [4.78, 5) is 14.1. The minimum absolute atomic E-state index is 0.148. The lowest BCUT2D eigenvalue weighted by Crippen LogP contribution is -2.26. The van der Waals surface area contributed by atoms with Gasteiger partial charge in [-0.15, -0.1) is 23.5 Å². The van der Waals surface area contributed by atoms with Crippen LogP contribution in [0.3, 0.4) is 0 Å². The minimum Gasteiger partial charge on any atom is -0.337 e. The second-order valence-corrected chi connectivity index (χ2v) is 9.13. The van der Waals surface area contributed by atoms with E-state index in [0.29, 0.717) is 15.7 Å². The van der Waals surface area contributed by atoms with Crippen molar-refractivity contribution in [3.8, 4) is 0 Å². The topological polar surface area (TPSA) is 20.3 Å². The third kappa shape index (κ3) is 5.23. The molecular formula is C20H20F3NOS2. The molecule has 0 radical (unpaired) electrons. The zero-order valence-electron chi connectivity index (χ0n) is 14.8. The Kier molecular flexibility index (Phi) is 6.42. The Balaban J connectivity index is 1.62. The van der Waals surface area contributed by atoms with Gasteiger partial charge >= 0.3 is 6.18 Å². The second kappa shape index (κ2) is 8.61. The molecule has 0 saturated carbocycles. The first-order valence-electron chi connectivity index (χ1n) is 8.59. The van der Waals surface area contributed by atoms with Gasteiger partial charge < -0.3 is 4.90 Å². The average molecular weight is 412 g/mol. The van der Waals surface area contributed by atoms with Gasteiger partial charge in [0.1, 0.15) is 0 Å². The summed E-state index contributed by atoms with van der Waals surface area (Å²) in [5.41, 5.74) is 1.77. The molecule has 144 valence electrons. The molecule has 0 aliphatic carbocycles. The van der Waals surface area contributed by atoms with Gasteiger partial charge in [0.2, 0.25) is 0 Å². The van der Waals surface area contributed by atoms with E-state index in [-0.39, 0.29) is 12.5 Å². The molecule has 2 nitrogen and oxygen atoms in total. The fraction of sp³-hybridized carbons (Fsp3) is 0.350. The van der Waals surface area contributed by atoms with E-state index in [9.17, 15) is 18.0 Å². The predicted octanol–water partition coefficient (Wildman–Crippen LogP) is 5.85. The highest BCUT2D eigenvalue weighted by Crippen LogP contribution is 2.43. The highest BCUT2D eigenvalue weighted by atomic mass is 32.2. The molecule has 0 atom stereocenters. The van der Waals surface area contributed by atoms with Crippen LogP contribution in [0, 0.1) is 0 Å². The highest BCUT2D eigenvalue weighted by molar-refractivity contribution is 8.16. The van der Waals surface area contributed by atoms with Crippen LogP contribution in [0.4, 0.5) is 13.2 Å². The third-order valence-electron chi connectivity index (χ3n) is 4.30. The van der Waals surface area contributed by atoms with Crippen molar-refractivity contribution in [1.29, 1.82) is 0 Å². The molecule has 2 aromatic rings. The molecular weight excluding hydrogens is 391 g/mol. The Morgan fingerprint density at radius 2 is 1.63 bits per heavy atom. The molecule has 1 saturated heterocycles. The van der Waals surface area contributed by atoms with Crippen LogP contribution in [0.5, 0.6) is 0 Å². The minimum atomic E-state index is -4.35. The molecule has 0 bridgehead atoms. The number of hydrogen-bond acceptors (Lipinski definition) is 3. The molecule has 0 aromatic heterocycles. The van der Waals surface area contributed by atoms with Crippen LogP contribution in [-0.4, -0.2) is 29.4 Å². The number of halogens is 3. The first-order valence-corrected chi connectivity index (χ1v) is 10.7. The summed E-state index contributed by atoms with van der Waals surface area (Å²) in [7, 11) is 1.65. The Morgan fingerprint density at radius 1 is 1.04 bits per heavy atom. The number of alkyl halides is 3. The smallest absolute Gasteiger partial charge is 0.337 e. The number of nitrogens with zero attached hydrogens (tertiary/aromatic N) is 1. The van der Waals surface area contributed by atoms with E-state index in [4.69, 9.17) is 0 Å². The maximum absolute atomic E-state index is 12.6. The van der Waals surface area contributed by atoms with Crippen molar-refractivity contribution >= 4 is 29.4 Å². The number of hydrogen-bond donors (Lipinski definition) is 0. The second-order valence-electron chi connectivity index (χ2n) is 6.40. The molecule has 1 heterocycles. The number of benzene rings is 2. The Morgan fingerprint density at radius 3 is 2.19 bits per heavy atom. The lowest BCUT2D eigenvalue weighted by Gasteiger charge is -2.22. The lowest BCUT2D eigenvalue weighted by atomic mass is 10.1. The molecule has 27 heavy (non-hydrogen) atoms. The van der Waals surface area contributed by atoms with Gasteiger partial charge in [0.15, 0.2) is 0 Å². The molecule has 0 unspecified atom stereocenters. The summed E-state index contributed by atoms with van der Waals surface area (Å²) in [5.74, 6) is 2.17. The first kappa shape index (κ1) is 20.1. The monoisotopic (exact) mass is 411 g/mol. The molecule has 0 N–H and O–H groups in total. The van der Waals surface area contributed by atoms with E-state index < -0.39 is 11.7 Å². The predicted molar refractivity (Wildman–Crippen MR) is 106 cm³/mol. The molecule has 3 rings (SSSR count). The standard InChI is InChI=1S/C20H20F3NOS2/c1-24(13-14-3-9-17(10-4-14)20(21,22)23)18(25)15-5-7-16(8-6-15)19-26-11-2-12-27-19/h3-10,19H,2,11-13H2,1H3. The molecule has 1 aliphatic heterocycles. The van der Waals surface area contributed by atoms with Gasteiger partial charge in [-0.2, -0.15) is 13.2 Å². The summed E-state index contributed by atoms with van der Waals surface area (Å²) in [6, 6.07) is 12.6. The van der Waals surface area contributed by atoms with Gasteiger partial charge in [0, 0.05) is 19.2 Å². The molecule has 0 spiro atoms. The average Bonchev–Trinajstić information content (AvgIpc) is 2.68. The maximum atomic E-state index is 12.6. The van der Waals surface area contributed by atoms with Gasteiger partial charge in [-0.1, -0.05) is 24.3 Å². The zero-order chi connectivity index (χ0) is 19.4. The van der Waals surface area contributed by atoms with E-state index in [1.807, 2.05) is 47.8 Å². The van der Waals surface area contributed by atoms with Crippen molar-refractivity contribution in [3.63, 3.8) is 0 Å². The van der Waals surface area contributed by atoms with Gasteiger partial charge in [-0.05, 0) is 53.3 Å². The van der Waals surface area contributed by atoms with E-state index in [2.05, 4.69) is 0 Å². The Labute approximate surface area is 165 Å². The van der Waals surface area contributed by atoms with Crippen LogP contribution in [0.15, 0.2) is 48.5 Å². The van der Waals surface area contributed by atoms with Crippen LogP contribution in [0.25, 0.3) is 0 Å². The lowest BCUT2D eigenvalue weighted by molar-refractivity contribution is -0.137. The molecule has 2 aromatic carbocycles. The maximum Gasteiger partial charge on any atom is 0.416 e. The first-order chi connectivity index (χ1) is 12.8. The van der Waals surface area contributed by atoms with E-state index in [0.717, 1.165) is 23.6 Å². The molecule has 1 fully saturated rings. The van der Waals surface area contributed by atoms with Crippen LogP contribution in [0.1, 0.15) is 38.1 Å². The third-order valence-corrected chi connectivity index (χ3v) is 7.32. The van der Waals surface area contributed by atoms with Crippen molar-refractivity contribution < 1.29 is 18.0 Å². The van der Waals surface area contributed by atoms with Crippen molar-refractivity contribution in [3.05, 3.63) is 70.8 Å². The van der Waals surface area contributed by atoms with Crippen LogP contribution in [0.2, 0.25) is 0 Å². The van der Waals surface area contributed by atoms with Crippen molar-refractivity contribution in [1.82, 2.24) is 4.90 Å². The van der Waals surface area contributed by atoms with E-state index >= 15 is 0 Å². The van der Waals surface area contributed by atoms with Crippen LogP contribution >= 0.6 is 23.5 Å². The molecule has 1 amide bonds. The number of amides is 1. The summed E-state index contributed by atoms with van der Waals surface area (Å²) >= 11 is 3.86. The van der Waals surface area contributed by atoms with Crippen molar-refractivity contribution in [2.75, 3.05) is 18.6 Å². The summed E-state index contributed by atoms with van der Waals surface area (Å²) in [6.45, 7) is 0.257. The molecule has 1 aliphatic rings. The number of carbonyl (C=O) groups is 1. The van der Waals surface area contributed by atoms with Crippen LogP contribution in [-0.2, 0) is 12.7 Å². The van der Waals surface area contributed by atoms with Gasteiger partial charge in [0.05, 0.1) is 10.1 Å². The zero-order valence-corrected chi connectivity index (χ0v) is 16.5. The number of carbonyl (C=O) groups excluding carboxylic acids is 1. The van der Waals surface area contributed by atoms with Gasteiger partial charge in [0.25, 0.3) is 5.91 Å². The Bertz CT molecular complexity index is 769. The highest BCUT2D eigenvalue weighted by Gasteiger charge is 2.30. The SMILES string of the molecule is CN(Cc1ccc(C(F)(F)F)cc1)C(=O)c1ccc(C2SCCCS2)cc1. The van der Waals surface area contributed by atoms with Gasteiger partial charge in [-0.3, -0.25) is 4.79 Å². The Hall–Kier alpha value is -1.60.